The van der Waals surface area contributed by atoms with Crippen LogP contribution in [-0.2, 0) is 0 Å². The fraction of sp³-hybridized carbons (Fsp3) is 0.522. The van der Waals surface area contributed by atoms with Gasteiger partial charge in [-0.05, 0) is 51.7 Å². The second-order valence-electron chi connectivity index (χ2n) is 8.24. The molecular formula is C23H33N5O3. The molecule has 31 heavy (non-hydrogen) atoms. The molecule has 8 heteroatoms. The standard InChI is InChI=1S/C23H33N5O3/c1-14-15(2)24-23(27-21(14)28(3)4)26-18-9-7-17(8-10-18)25-22(29)16-11-19(30-5)13-20(12-16)31-6/h11-13,17-18H,7-10H2,1-6H3,(H,25,29)(H,24,26,27). The minimum Gasteiger partial charge on any atom is -0.497 e. The monoisotopic (exact) mass is 427 g/mol. The quantitative estimate of drug-likeness (QED) is 0.701. The Kier molecular flexibility index (Phi) is 7.20. The summed E-state index contributed by atoms with van der Waals surface area (Å²) in [5, 5.41) is 6.63. The van der Waals surface area contributed by atoms with Crippen LogP contribution in [0.2, 0.25) is 0 Å². The van der Waals surface area contributed by atoms with Crippen LogP contribution < -0.4 is 25.0 Å². The van der Waals surface area contributed by atoms with E-state index in [2.05, 4.69) is 20.6 Å². The molecule has 1 aromatic heterocycles. The lowest BCUT2D eigenvalue weighted by molar-refractivity contribution is 0.0926. The van der Waals surface area contributed by atoms with Crippen molar-refractivity contribution in [2.24, 2.45) is 0 Å². The number of hydrogen-bond donors (Lipinski definition) is 2. The average Bonchev–Trinajstić information content (AvgIpc) is 2.76. The van der Waals surface area contributed by atoms with Crippen LogP contribution in [0.1, 0.15) is 47.3 Å². The molecule has 1 aliphatic rings. The molecule has 8 nitrogen and oxygen atoms in total. The predicted octanol–water partition coefficient (Wildman–Crippen LogP) is 3.33. The highest BCUT2D eigenvalue weighted by molar-refractivity contribution is 5.95. The number of methoxy groups -OCH3 is 2. The van der Waals surface area contributed by atoms with Crippen LogP contribution in [0.15, 0.2) is 18.2 Å². The number of anilines is 2. The van der Waals surface area contributed by atoms with Gasteiger partial charge in [0.05, 0.1) is 14.2 Å². The number of amides is 1. The summed E-state index contributed by atoms with van der Waals surface area (Å²) in [6.07, 6.45) is 3.69. The van der Waals surface area contributed by atoms with Crippen LogP contribution in [0, 0.1) is 13.8 Å². The third kappa shape index (κ3) is 5.57. The van der Waals surface area contributed by atoms with Crippen LogP contribution in [0.25, 0.3) is 0 Å². The Bertz CT molecular complexity index is 901. The molecule has 168 valence electrons. The molecule has 0 spiro atoms. The van der Waals surface area contributed by atoms with E-state index < -0.39 is 0 Å². The summed E-state index contributed by atoms with van der Waals surface area (Å²) in [4.78, 5) is 24.0. The van der Waals surface area contributed by atoms with E-state index in [1.807, 2.05) is 32.8 Å². The van der Waals surface area contributed by atoms with Crippen molar-refractivity contribution in [2.45, 2.75) is 51.6 Å². The van der Waals surface area contributed by atoms with Crippen molar-refractivity contribution in [1.82, 2.24) is 15.3 Å². The number of ether oxygens (including phenoxy) is 2. The molecule has 0 bridgehead atoms. The topological polar surface area (TPSA) is 88.6 Å². The zero-order valence-corrected chi connectivity index (χ0v) is 19.3. The zero-order chi connectivity index (χ0) is 22.5. The van der Waals surface area contributed by atoms with Crippen molar-refractivity contribution in [1.29, 1.82) is 0 Å². The fourth-order valence-corrected chi connectivity index (χ4v) is 3.89. The summed E-state index contributed by atoms with van der Waals surface area (Å²) in [7, 11) is 7.13. The van der Waals surface area contributed by atoms with E-state index in [4.69, 9.17) is 9.47 Å². The number of rotatable bonds is 7. The summed E-state index contributed by atoms with van der Waals surface area (Å²) >= 11 is 0. The van der Waals surface area contributed by atoms with Crippen molar-refractivity contribution >= 4 is 17.7 Å². The van der Waals surface area contributed by atoms with E-state index in [1.54, 1.807) is 32.4 Å². The van der Waals surface area contributed by atoms with Gasteiger partial charge < -0.3 is 25.0 Å². The molecule has 1 saturated carbocycles. The highest BCUT2D eigenvalue weighted by Crippen LogP contribution is 2.26. The Morgan fingerprint density at radius 3 is 2.10 bits per heavy atom. The predicted molar refractivity (Wildman–Crippen MR) is 123 cm³/mol. The summed E-state index contributed by atoms with van der Waals surface area (Å²) in [6.45, 7) is 4.05. The van der Waals surface area contributed by atoms with Gasteiger partial charge in [0.25, 0.3) is 5.91 Å². The van der Waals surface area contributed by atoms with Crippen molar-refractivity contribution in [3.05, 3.63) is 35.0 Å². The van der Waals surface area contributed by atoms with Gasteiger partial charge in [-0.3, -0.25) is 4.79 Å². The van der Waals surface area contributed by atoms with Gasteiger partial charge in [0, 0.05) is 49.1 Å². The molecule has 1 fully saturated rings. The number of benzene rings is 1. The molecule has 0 saturated heterocycles. The Hall–Kier alpha value is -3.03. The number of nitrogens with zero attached hydrogens (tertiary/aromatic N) is 3. The minimum absolute atomic E-state index is 0.110. The van der Waals surface area contributed by atoms with E-state index in [-0.39, 0.29) is 11.9 Å². The average molecular weight is 428 g/mol. The van der Waals surface area contributed by atoms with Gasteiger partial charge in [0.2, 0.25) is 5.95 Å². The van der Waals surface area contributed by atoms with Gasteiger partial charge in [-0.1, -0.05) is 0 Å². The second kappa shape index (κ2) is 9.85. The molecule has 1 aliphatic carbocycles. The summed E-state index contributed by atoms with van der Waals surface area (Å²) in [6, 6.07) is 5.64. The summed E-state index contributed by atoms with van der Waals surface area (Å²) < 4.78 is 10.5. The van der Waals surface area contributed by atoms with E-state index in [9.17, 15) is 4.79 Å². The largest absolute Gasteiger partial charge is 0.497 e. The Balaban J connectivity index is 1.57. The van der Waals surface area contributed by atoms with Gasteiger partial charge in [0.15, 0.2) is 0 Å². The minimum atomic E-state index is -0.110. The Morgan fingerprint density at radius 2 is 1.55 bits per heavy atom. The van der Waals surface area contributed by atoms with Crippen molar-refractivity contribution in [3.8, 4) is 11.5 Å². The van der Waals surface area contributed by atoms with Crippen LogP contribution in [0.5, 0.6) is 11.5 Å². The van der Waals surface area contributed by atoms with Gasteiger partial charge in [-0.25, -0.2) is 4.98 Å². The van der Waals surface area contributed by atoms with Gasteiger partial charge in [-0.2, -0.15) is 4.98 Å². The number of aryl methyl sites for hydroxylation is 1. The smallest absolute Gasteiger partial charge is 0.251 e. The van der Waals surface area contributed by atoms with E-state index in [1.165, 1.54) is 0 Å². The van der Waals surface area contributed by atoms with Gasteiger partial charge in [0.1, 0.15) is 17.3 Å². The second-order valence-corrected chi connectivity index (χ2v) is 8.24. The number of hydrogen-bond acceptors (Lipinski definition) is 7. The third-order valence-corrected chi connectivity index (χ3v) is 5.80. The first-order valence-electron chi connectivity index (χ1n) is 10.6. The van der Waals surface area contributed by atoms with Crippen molar-refractivity contribution in [3.63, 3.8) is 0 Å². The highest BCUT2D eigenvalue weighted by atomic mass is 16.5. The van der Waals surface area contributed by atoms with Crippen LogP contribution in [-0.4, -0.2) is 56.3 Å². The third-order valence-electron chi connectivity index (χ3n) is 5.80. The van der Waals surface area contributed by atoms with E-state index >= 15 is 0 Å². The molecular weight excluding hydrogens is 394 g/mol. The molecule has 2 N–H and O–H groups in total. The molecule has 1 amide bonds. The van der Waals surface area contributed by atoms with Gasteiger partial charge in [-0.15, -0.1) is 0 Å². The number of carbonyl (C=O) groups excluding carboxylic acids is 1. The van der Waals surface area contributed by atoms with Gasteiger partial charge >= 0.3 is 0 Å². The summed E-state index contributed by atoms with van der Waals surface area (Å²) in [5.74, 6) is 2.69. The van der Waals surface area contributed by atoms with Crippen LogP contribution >= 0.6 is 0 Å². The lowest BCUT2D eigenvalue weighted by atomic mass is 9.91. The molecule has 1 heterocycles. The molecule has 0 atom stereocenters. The van der Waals surface area contributed by atoms with E-state index in [0.29, 0.717) is 29.1 Å². The number of aromatic nitrogens is 2. The lowest BCUT2D eigenvalue weighted by Gasteiger charge is -2.30. The van der Waals surface area contributed by atoms with Crippen LogP contribution in [0.4, 0.5) is 11.8 Å². The first kappa shape index (κ1) is 22.7. The number of nitrogens with one attached hydrogen (secondary N) is 2. The van der Waals surface area contributed by atoms with Crippen molar-refractivity contribution in [2.75, 3.05) is 38.5 Å². The summed E-state index contributed by atoms with van der Waals surface area (Å²) in [5.41, 5.74) is 2.61. The molecule has 0 aliphatic heterocycles. The maximum atomic E-state index is 12.7. The molecule has 2 aromatic rings. The fourth-order valence-electron chi connectivity index (χ4n) is 3.89. The number of carbonyl (C=O) groups is 1. The normalized spacial score (nSPS) is 18.3. The maximum absolute atomic E-state index is 12.7. The molecule has 0 radical (unpaired) electrons. The van der Waals surface area contributed by atoms with Crippen LogP contribution in [0.3, 0.4) is 0 Å². The Morgan fingerprint density at radius 1 is 0.968 bits per heavy atom. The van der Waals surface area contributed by atoms with E-state index in [0.717, 1.165) is 42.8 Å². The zero-order valence-electron chi connectivity index (χ0n) is 19.3. The molecule has 1 aromatic carbocycles. The first-order chi connectivity index (χ1) is 14.8. The molecule has 0 unspecified atom stereocenters. The Labute approximate surface area is 184 Å². The first-order valence-corrected chi connectivity index (χ1v) is 10.6. The van der Waals surface area contributed by atoms with Crippen molar-refractivity contribution < 1.29 is 14.3 Å². The lowest BCUT2D eigenvalue weighted by Crippen LogP contribution is -2.40. The SMILES string of the molecule is COc1cc(OC)cc(C(=O)NC2CCC(Nc3nc(C)c(C)c(N(C)C)n3)CC2)c1. The molecule has 3 rings (SSSR count). The maximum Gasteiger partial charge on any atom is 0.251 e. The highest BCUT2D eigenvalue weighted by Gasteiger charge is 2.24.